The van der Waals surface area contributed by atoms with E-state index in [9.17, 15) is 9.59 Å². The van der Waals surface area contributed by atoms with E-state index in [0.29, 0.717) is 0 Å². The van der Waals surface area contributed by atoms with E-state index in [-0.39, 0.29) is 17.9 Å². The monoisotopic (exact) mass is 289 g/mol. The van der Waals surface area contributed by atoms with Crippen LogP contribution in [0.25, 0.3) is 0 Å². The van der Waals surface area contributed by atoms with Gasteiger partial charge >= 0.3 is 5.97 Å². The number of carboxylic acid groups (broad SMARTS) is 1. The van der Waals surface area contributed by atoms with Crippen molar-refractivity contribution in [3.8, 4) is 0 Å². The zero-order valence-corrected chi connectivity index (χ0v) is 12.5. The standard InChI is InChI=1S/C17H23NO3/c1-2-13-6-4-9-18(10-8-13)16(19)12-14-5-3-7-15(11-14)17(20)21/h3,5,7,11,13H,2,4,6,8-10,12H2,1H3,(H,20,21). The van der Waals surface area contributed by atoms with Crippen molar-refractivity contribution in [2.75, 3.05) is 13.1 Å². The number of benzene rings is 1. The van der Waals surface area contributed by atoms with Crippen molar-refractivity contribution in [1.29, 1.82) is 0 Å². The molecule has 1 unspecified atom stereocenters. The third kappa shape index (κ3) is 4.31. The normalized spacial score (nSPS) is 19.1. The molecule has 0 aromatic heterocycles. The fourth-order valence-corrected chi connectivity index (χ4v) is 2.92. The first-order valence-electron chi connectivity index (χ1n) is 7.70. The SMILES string of the molecule is CCC1CCCN(C(=O)Cc2cccc(C(=O)O)c2)CC1. The molecule has 1 aliphatic heterocycles. The average Bonchev–Trinajstić information content (AvgIpc) is 2.73. The lowest BCUT2D eigenvalue weighted by Crippen LogP contribution is -2.33. The van der Waals surface area contributed by atoms with Gasteiger partial charge in [-0.1, -0.05) is 25.5 Å². The molecule has 4 nitrogen and oxygen atoms in total. The predicted molar refractivity (Wildman–Crippen MR) is 81.3 cm³/mol. The van der Waals surface area contributed by atoms with Crippen LogP contribution in [0.15, 0.2) is 24.3 Å². The minimum Gasteiger partial charge on any atom is -0.478 e. The highest BCUT2D eigenvalue weighted by atomic mass is 16.4. The largest absolute Gasteiger partial charge is 0.478 e. The Balaban J connectivity index is 1.97. The van der Waals surface area contributed by atoms with E-state index in [1.165, 1.54) is 12.8 Å². The van der Waals surface area contributed by atoms with Gasteiger partial charge in [0.1, 0.15) is 0 Å². The van der Waals surface area contributed by atoms with E-state index in [1.807, 2.05) is 11.0 Å². The van der Waals surface area contributed by atoms with E-state index in [1.54, 1.807) is 18.2 Å². The first kappa shape index (κ1) is 15.5. The number of aromatic carboxylic acids is 1. The molecule has 0 spiro atoms. The van der Waals surface area contributed by atoms with Gasteiger partial charge in [0.2, 0.25) is 5.91 Å². The summed E-state index contributed by atoms with van der Waals surface area (Å²) in [5.74, 6) is -0.114. The van der Waals surface area contributed by atoms with Crippen LogP contribution in [0.5, 0.6) is 0 Å². The second-order valence-corrected chi connectivity index (χ2v) is 5.77. The molecule has 0 radical (unpaired) electrons. The first-order chi connectivity index (χ1) is 10.1. The van der Waals surface area contributed by atoms with Crippen LogP contribution in [0.4, 0.5) is 0 Å². The summed E-state index contributed by atoms with van der Waals surface area (Å²) in [6.07, 6.45) is 4.83. The predicted octanol–water partition coefficient (Wildman–Crippen LogP) is 2.97. The molecule has 0 aliphatic carbocycles. The van der Waals surface area contributed by atoms with Crippen molar-refractivity contribution in [2.45, 2.75) is 39.0 Å². The molecular weight excluding hydrogens is 266 g/mol. The highest BCUT2D eigenvalue weighted by molar-refractivity contribution is 5.88. The molecule has 2 rings (SSSR count). The molecule has 1 heterocycles. The summed E-state index contributed by atoms with van der Waals surface area (Å²) >= 11 is 0. The lowest BCUT2D eigenvalue weighted by molar-refractivity contribution is -0.130. The number of carbonyl (C=O) groups is 2. The Morgan fingerprint density at radius 2 is 2.10 bits per heavy atom. The number of likely N-dealkylation sites (tertiary alicyclic amines) is 1. The van der Waals surface area contributed by atoms with Crippen LogP contribution in [0.1, 0.15) is 48.5 Å². The molecule has 1 amide bonds. The molecule has 1 aliphatic rings. The highest BCUT2D eigenvalue weighted by Gasteiger charge is 2.20. The molecule has 1 aromatic rings. The number of hydrogen-bond acceptors (Lipinski definition) is 2. The summed E-state index contributed by atoms with van der Waals surface area (Å²) in [4.78, 5) is 25.3. The van der Waals surface area contributed by atoms with Crippen LogP contribution in [0, 0.1) is 5.92 Å². The lowest BCUT2D eigenvalue weighted by atomic mass is 9.98. The van der Waals surface area contributed by atoms with Gasteiger partial charge < -0.3 is 10.0 Å². The van der Waals surface area contributed by atoms with Gasteiger partial charge in [0, 0.05) is 13.1 Å². The average molecular weight is 289 g/mol. The number of amides is 1. The summed E-state index contributed by atoms with van der Waals surface area (Å²) < 4.78 is 0. The molecule has 114 valence electrons. The molecule has 1 saturated heterocycles. The van der Waals surface area contributed by atoms with Crippen molar-refractivity contribution in [3.63, 3.8) is 0 Å². The van der Waals surface area contributed by atoms with Gasteiger partial charge in [-0.25, -0.2) is 4.79 Å². The van der Waals surface area contributed by atoms with E-state index in [4.69, 9.17) is 5.11 Å². The van der Waals surface area contributed by atoms with Gasteiger partial charge in [-0.2, -0.15) is 0 Å². The van der Waals surface area contributed by atoms with Crippen molar-refractivity contribution >= 4 is 11.9 Å². The summed E-state index contributed by atoms with van der Waals surface area (Å²) in [6, 6.07) is 6.65. The van der Waals surface area contributed by atoms with E-state index >= 15 is 0 Å². The van der Waals surface area contributed by atoms with Crippen LogP contribution < -0.4 is 0 Å². The fourth-order valence-electron chi connectivity index (χ4n) is 2.92. The molecule has 1 aromatic carbocycles. The van der Waals surface area contributed by atoms with E-state index in [0.717, 1.165) is 37.4 Å². The number of nitrogens with zero attached hydrogens (tertiary/aromatic N) is 1. The van der Waals surface area contributed by atoms with Gasteiger partial charge in [0.05, 0.1) is 12.0 Å². The minimum absolute atomic E-state index is 0.106. The zero-order chi connectivity index (χ0) is 15.2. The maximum Gasteiger partial charge on any atom is 0.335 e. The van der Waals surface area contributed by atoms with Gasteiger partial charge in [-0.05, 0) is 42.9 Å². The van der Waals surface area contributed by atoms with Crippen molar-refractivity contribution < 1.29 is 14.7 Å². The quantitative estimate of drug-likeness (QED) is 0.927. The topological polar surface area (TPSA) is 57.6 Å². The Labute approximate surface area is 125 Å². The highest BCUT2D eigenvalue weighted by Crippen LogP contribution is 2.20. The van der Waals surface area contributed by atoms with E-state index < -0.39 is 5.97 Å². The van der Waals surface area contributed by atoms with Gasteiger partial charge in [0.15, 0.2) is 0 Å². The number of rotatable bonds is 4. The number of carbonyl (C=O) groups excluding carboxylic acids is 1. The molecule has 1 fully saturated rings. The van der Waals surface area contributed by atoms with Gasteiger partial charge in [0.25, 0.3) is 0 Å². The number of hydrogen-bond donors (Lipinski definition) is 1. The van der Waals surface area contributed by atoms with Gasteiger partial charge in [-0.15, -0.1) is 0 Å². The maximum absolute atomic E-state index is 12.4. The molecule has 0 saturated carbocycles. The third-order valence-corrected chi connectivity index (χ3v) is 4.31. The van der Waals surface area contributed by atoms with Crippen LogP contribution in [-0.2, 0) is 11.2 Å². The van der Waals surface area contributed by atoms with Crippen LogP contribution in [-0.4, -0.2) is 35.0 Å². The third-order valence-electron chi connectivity index (χ3n) is 4.31. The Morgan fingerprint density at radius 3 is 2.81 bits per heavy atom. The first-order valence-corrected chi connectivity index (χ1v) is 7.70. The minimum atomic E-state index is -0.954. The van der Waals surface area contributed by atoms with E-state index in [2.05, 4.69) is 6.92 Å². The smallest absolute Gasteiger partial charge is 0.335 e. The molecule has 21 heavy (non-hydrogen) atoms. The van der Waals surface area contributed by atoms with Crippen molar-refractivity contribution in [1.82, 2.24) is 4.90 Å². The fraction of sp³-hybridized carbons (Fsp3) is 0.529. The molecule has 0 bridgehead atoms. The lowest BCUT2D eigenvalue weighted by Gasteiger charge is -2.20. The summed E-state index contributed by atoms with van der Waals surface area (Å²) in [5, 5.41) is 8.99. The Kier molecular flexibility index (Phi) is 5.37. The Bertz CT molecular complexity index is 513. The van der Waals surface area contributed by atoms with Gasteiger partial charge in [-0.3, -0.25) is 4.79 Å². The zero-order valence-electron chi connectivity index (χ0n) is 12.5. The second-order valence-electron chi connectivity index (χ2n) is 5.77. The van der Waals surface area contributed by atoms with Crippen molar-refractivity contribution in [2.24, 2.45) is 5.92 Å². The number of carboxylic acids is 1. The molecule has 4 heteroatoms. The Hall–Kier alpha value is -1.84. The van der Waals surface area contributed by atoms with Crippen LogP contribution >= 0.6 is 0 Å². The maximum atomic E-state index is 12.4. The summed E-state index contributed by atoms with van der Waals surface area (Å²) in [5.41, 5.74) is 1.01. The molecular formula is C17H23NO3. The second kappa shape index (κ2) is 7.25. The van der Waals surface area contributed by atoms with Crippen LogP contribution in [0.2, 0.25) is 0 Å². The molecule has 1 N–H and O–H groups in total. The molecule has 1 atom stereocenters. The summed E-state index contributed by atoms with van der Waals surface area (Å²) in [7, 11) is 0. The van der Waals surface area contributed by atoms with Crippen molar-refractivity contribution in [3.05, 3.63) is 35.4 Å². The summed E-state index contributed by atoms with van der Waals surface area (Å²) in [6.45, 7) is 3.86. The Morgan fingerprint density at radius 1 is 1.29 bits per heavy atom. The van der Waals surface area contributed by atoms with Crippen LogP contribution in [0.3, 0.4) is 0 Å².